The lowest BCUT2D eigenvalue weighted by Crippen LogP contribution is -2.47. The van der Waals surface area contributed by atoms with E-state index in [1.54, 1.807) is 6.92 Å². The van der Waals surface area contributed by atoms with Crippen LogP contribution in [0, 0.1) is 0 Å². The normalized spacial score (nSPS) is 17.1. The van der Waals surface area contributed by atoms with Crippen LogP contribution in [0.15, 0.2) is 0 Å². The molecule has 0 aliphatic carbocycles. The van der Waals surface area contributed by atoms with Crippen molar-refractivity contribution in [2.24, 2.45) is 5.73 Å². The molecule has 4 heteroatoms. The predicted octanol–water partition coefficient (Wildman–Crippen LogP) is 1.91. The van der Waals surface area contributed by atoms with Gasteiger partial charge in [-0.15, -0.1) is 0 Å². The molecule has 80 valence electrons. The maximum absolute atomic E-state index is 13.1. The average Bonchev–Trinajstić information content (AvgIpc) is 2.03. The molecule has 0 aliphatic rings. The molecule has 0 rings (SSSR count). The van der Waals surface area contributed by atoms with Crippen LogP contribution in [0.2, 0.25) is 0 Å². The Morgan fingerprint density at radius 2 is 1.85 bits per heavy atom. The average molecular weight is 195 g/mol. The Labute approximate surface area is 78.1 Å². The number of aliphatic hydroxyl groups is 1. The van der Waals surface area contributed by atoms with E-state index in [1.165, 1.54) is 0 Å². The van der Waals surface area contributed by atoms with E-state index in [0.717, 1.165) is 0 Å². The second-order valence-corrected chi connectivity index (χ2v) is 3.41. The Bertz CT molecular complexity index is 142. The molecule has 0 spiro atoms. The molecule has 0 radical (unpaired) electrons. The van der Waals surface area contributed by atoms with E-state index < -0.39 is 18.1 Å². The third-order valence-corrected chi connectivity index (χ3v) is 2.04. The number of nitrogens with two attached hydrogens (primary N) is 1. The number of halogens is 2. The monoisotopic (exact) mass is 195 g/mol. The third kappa shape index (κ3) is 4.00. The summed E-state index contributed by atoms with van der Waals surface area (Å²) in [5, 5.41) is 9.23. The van der Waals surface area contributed by atoms with Crippen molar-refractivity contribution in [2.45, 2.75) is 57.6 Å². The van der Waals surface area contributed by atoms with Gasteiger partial charge in [0.15, 0.2) is 0 Å². The van der Waals surface area contributed by atoms with Gasteiger partial charge in [-0.3, -0.25) is 0 Å². The van der Waals surface area contributed by atoms with Gasteiger partial charge < -0.3 is 10.8 Å². The summed E-state index contributed by atoms with van der Waals surface area (Å²) in [7, 11) is 0. The summed E-state index contributed by atoms with van der Waals surface area (Å²) in [6.45, 7) is 3.51. The predicted molar refractivity (Wildman–Crippen MR) is 48.7 cm³/mol. The van der Waals surface area contributed by atoms with Crippen LogP contribution in [0.5, 0.6) is 0 Å². The molecule has 2 nitrogen and oxygen atoms in total. The third-order valence-electron chi connectivity index (χ3n) is 2.04. The minimum atomic E-state index is -3.04. The minimum Gasteiger partial charge on any atom is -0.385 e. The van der Waals surface area contributed by atoms with Crippen molar-refractivity contribution in [1.82, 2.24) is 0 Å². The lowest BCUT2D eigenvalue weighted by Gasteiger charge is -2.26. The quantitative estimate of drug-likeness (QED) is 0.680. The first-order valence-electron chi connectivity index (χ1n) is 4.77. The van der Waals surface area contributed by atoms with Crippen LogP contribution in [0.1, 0.15) is 39.5 Å². The van der Waals surface area contributed by atoms with Gasteiger partial charge in [0, 0.05) is 12.5 Å². The largest absolute Gasteiger partial charge is 0.385 e. The van der Waals surface area contributed by atoms with Crippen molar-refractivity contribution in [3.05, 3.63) is 0 Å². The van der Waals surface area contributed by atoms with Crippen molar-refractivity contribution >= 4 is 0 Å². The van der Waals surface area contributed by atoms with Crippen LogP contribution in [-0.2, 0) is 0 Å². The summed E-state index contributed by atoms with van der Waals surface area (Å²) in [6.07, 6.45) is -0.512. The molecule has 0 aliphatic heterocycles. The Kier molecular flexibility index (Phi) is 5.40. The Hall–Kier alpha value is -0.220. The zero-order valence-electron chi connectivity index (χ0n) is 8.26. The molecule has 2 atom stereocenters. The molecule has 13 heavy (non-hydrogen) atoms. The topological polar surface area (TPSA) is 46.2 Å². The number of rotatable bonds is 6. The maximum Gasteiger partial charge on any atom is 0.274 e. The Balaban J connectivity index is 4.12. The van der Waals surface area contributed by atoms with E-state index in [2.05, 4.69) is 0 Å². The highest BCUT2D eigenvalue weighted by Gasteiger charge is 2.40. The molecule has 0 amide bonds. The van der Waals surface area contributed by atoms with E-state index >= 15 is 0 Å². The van der Waals surface area contributed by atoms with E-state index in [9.17, 15) is 13.9 Å². The summed E-state index contributed by atoms with van der Waals surface area (Å²) < 4.78 is 26.1. The number of hydrogen-bond donors (Lipinski definition) is 2. The summed E-state index contributed by atoms with van der Waals surface area (Å²) in [5.41, 5.74) is 5.41. The second kappa shape index (κ2) is 5.50. The first-order valence-corrected chi connectivity index (χ1v) is 4.77. The molecule has 2 unspecified atom stereocenters. The van der Waals surface area contributed by atoms with Crippen LogP contribution >= 0.6 is 0 Å². The molecule has 0 saturated heterocycles. The molecule has 0 heterocycles. The van der Waals surface area contributed by atoms with Gasteiger partial charge in [-0.1, -0.05) is 26.7 Å². The summed E-state index contributed by atoms with van der Waals surface area (Å²) in [6, 6.07) is -0.813. The van der Waals surface area contributed by atoms with Crippen molar-refractivity contribution < 1.29 is 13.9 Å². The molecule has 0 bridgehead atoms. The highest BCUT2D eigenvalue weighted by molar-refractivity contribution is 4.84. The van der Waals surface area contributed by atoms with Gasteiger partial charge in [-0.2, -0.15) is 0 Å². The van der Waals surface area contributed by atoms with E-state index in [-0.39, 0.29) is 6.42 Å². The molecule has 0 aromatic carbocycles. The van der Waals surface area contributed by atoms with E-state index in [0.29, 0.717) is 19.3 Å². The molecule has 3 N–H and O–H groups in total. The summed E-state index contributed by atoms with van der Waals surface area (Å²) >= 11 is 0. The van der Waals surface area contributed by atoms with E-state index in [1.807, 2.05) is 6.92 Å². The van der Waals surface area contributed by atoms with Crippen LogP contribution in [0.3, 0.4) is 0 Å². The highest BCUT2D eigenvalue weighted by Crippen LogP contribution is 2.27. The van der Waals surface area contributed by atoms with Crippen molar-refractivity contribution in [3.63, 3.8) is 0 Å². The molecule has 0 aromatic rings. The van der Waals surface area contributed by atoms with Crippen molar-refractivity contribution in [1.29, 1.82) is 0 Å². The van der Waals surface area contributed by atoms with Crippen LogP contribution in [0.4, 0.5) is 8.78 Å². The lowest BCUT2D eigenvalue weighted by atomic mass is 9.98. The summed E-state index contributed by atoms with van der Waals surface area (Å²) in [4.78, 5) is 0. The van der Waals surface area contributed by atoms with Crippen LogP contribution in [-0.4, -0.2) is 23.2 Å². The fraction of sp³-hybridized carbons (Fsp3) is 1.00. The van der Waals surface area contributed by atoms with Crippen LogP contribution in [0.25, 0.3) is 0 Å². The van der Waals surface area contributed by atoms with Crippen molar-refractivity contribution in [2.75, 3.05) is 0 Å². The minimum absolute atomic E-state index is 0.300. The van der Waals surface area contributed by atoms with Gasteiger partial charge in [0.1, 0.15) is 6.10 Å². The number of aliphatic hydroxyl groups excluding tert-OH is 1. The first kappa shape index (κ1) is 12.8. The van der Waals surface area contributed by atoms with Gasteiger partial charge in [-0.25, -0.2) is 8.78 Å². The molecular formula is C9H19F2NO. The van der Waals surface area contributed by atoms with Gasteiger partial charge >= 0.3 is 0 Å². The molecular weight excluding hydrogens is 176 g/mol. The zero-order chi connectivity index (χ0) is 10.5. The van der Waals surface area contributed by atoms with E-state index in [4.69, 9.17) is 5.73 Å². The SMILES string of the molecule is CCCC(N)C(O)C(F)(F)CCC. The fourth-order valence-electron chi connectivity index (χ4n) is 1.29. The standard InChI is InChI=1S/C9H19F2NO/c1-3-5-7(12)8(13)9(10,11)6-4-2/h7-8,13H,3-6,12H2,1-2H3. The van der Waals surface area contributed by atoms with Gasteiger partial charge in [0.05, 0.1) is 0 Å². The van der Waals surface area contributed by atoms with Gasteiger partial charge in [0.2, 0.25) is 0 Å². The highest BCUT2D eigenvalue weighted by atomic mass is 19.3. The second-order valence-electron chi connectivity index (χ2n) is 3.41. The molecule has 0 fully saturated rings. The summed E-state index contributed by atoms with van der Waals surface area (Å²) in [5.74, 6) is -3.04. The van der Waals surface area contributed by atoms with Crippen LogP contribution < -0.4 is 5.73 Å². The number of hydrogen-bond acceptors (Lipinski definition) is 2. The maximum atomic E-state index is 13.1. The fourth-order valence-corrected chi connectivity index (χ4v) is 1.29. The number of alkyl halides is 2. The molecule has 0 saturated carbocycles. The molecule has 0 aromatic heterocycles. The van der Waals surface area contributed by atoms with Gasteiger partial charge in [-0.05, 0) is 6.42 Å². The lowest BCUT2D eigenvalue weighted by molar-refractivity contribution is -0.123. The zero-order valence-corrected chi connectivity index (χ0v) is 8.26. The van der Waals surface area contributed by atoms with Crippen molar-refractivity contribution in [3.8, 4) is 0 Å². The Morgan fingerprint density at radius 1 is 1.31 bits per heavy atom. The van der Waals surface area contributed by atoms with Gasteiger partial charge in [0.25, 0.3) is 5.92 Å². The smallest absolute Gasteiger partial charge is 0.274 e. The first-order chi connectivity index (χ1) is 5.95. The Morgan fingerprint density at radius 3 is 2.23 bits per heavy atom.